The van der Waals surface area contributed by atoms with Crippen LogP contribution in [0.25, 0.3) is 55.6 Å². The van der Waals surface area contributed by atoms with Gasteiger partial charge < -0.3 is 18.9 Å². The molecule has 0 radical (unpaired) electrons. The third-order valence-corrected chi connectivity index (χ3v) is 8.50. The molecule has 0 aliphatic rings. The van der Waals surface area contributed by atoms with Crippen molar-refractivity contribution < 1.29 is 25.8 Å². The average molecular weight is 801 g/mol. The first-order chi connectivity index (χ1) is 22.9. The normalized spacial score (nSPS) is 11.5. The van der Waals surface area contributed by atoms with Crippen LogP contribution < -0.4 is 4.74 Å². The van der Waals surface area contributed by atoms with E-state index in [9.17, 15) is 0 Å². The molecule has 0 amide bonds. The number of fused-ring (bicyclic) bond motifs is 3. The van der Waals surface area contributed by atoms with Gasteiger partial charge in [-0.25, -0.2) is 0 Å². The summed E-state index contributed by atoms with van der Waals surface area (Å²) in [6.07, 6.45) is 5.07. The molecule has 0 atom stereocenters. The monoisotopic (exact) mass is 800 g/mol. The van der Waals surface area contributed by atoms with Crippen LogP contribution in [0.15, 0.2) is 134 Å². The van der Waals surface area contributed by atoms with Crippen LogP contribution in [0.3, 0.4) is 0 Å². The van der Waals surface area contributed by atoms with Gasteiger partial charge in [0.05, 0.1) is 0 Å². The first-order valence-electron chi connectivity index (χ1n) is 15.7. The maximum Gasteiger partial charge on any atom is 4.00 e. The van der Waals surface area contributed by atoms with Crippen molar-refractivity contribution in [3.8, 4) is 45.3 Å². The third kappa shape index (κ3) is 6.00. The van der Waals surface area contributed by atoms with Gasteiger partial charge in [0.25, 0.3) is 0 Å². The standard InChI is InChI=1S/C43H31N3O.Pt/c1-43(2,3)33-13-9-15-35(25-33)46-41-18-8-7-17-38(41)39-24-23-37(27-42(39)46)47-36-16-10-14-34(26-36)45-28-40(44-29-45)32-21-19-31(20-22-32)30-11-5-4-6-12-30;/h4-14,16-25,28H,1-3H3;/q-4;+4. The van der Waals surface area contributed by atoms with Crippen LogP contribution in [-0.2, 0) is 26.5 Å². The number of aromatic nitrogens is 3. The van der Waals surface area contributed by atoms with Gasteiger partial charge in [0, 0.05) is 23.3 Å². The van der Waals surface area contributed by atoms with E-state index in [2.05, 4.69) is 146 Å². The summed E-state index contributed by atoms with van der Waals surface area (Å²) < 4.78 is 10.4. The van der Waals surface area contributed by atoms with E-state index in [1.165, 1.54) is 16.7 Å². The summed E-state index contributed by atoms with van der Waals surface area (Å²) in [6, 6.07) is 53.9. The Balaban J connectivity index is 0.00000364. The molecule has 0 aliphatic heterocycles. The summed E-state index contributed by atoms with van der Waals surface area (Å²) in [7, 11) is 0. The van der Waals surface area contributed by atoms with Gasteiger partial charge >= 0.3 is 21.1 Å². The molecule has 2 aromatic heterocycles. The predicted octanol–water partition coefficient (Wildman–Crippen LogP) is 10.6. The summed E-state index contributed by atoms with van der Waals surface area (Å²) in [5, 5.41) is 2.27. The molecule has 234 valence electrons. The predicted molar refractivity (Wildman–Crippen MR) is 189 cm³/mol. The van der Waals surface area contributed by atoms with Gasteiger partial charge in [-0.05, 0) is 39.3 Å². The van der Waals surface area contributed by atoms with E-state index in [0.717, 1.165) is 44.4 Å². The van der Waals surface area contributed by atoms with Gasteiger partial charge in [0.15, 0.2) is 0 Å². The third-order valence-electron chi connectivity index (χ3n) is 8.50. The van der Waals surface area contributed by atoms with Gasteiger partial charge in [-0.2, -0.15) is 48.0 Å². The zero-order valence-corrected chi connectivity index (χ0v) is 29.0. The van der Waals surface area contributed by atoms with Crippen molar-refractivity contribution in [3.05, 3.63) is 164 Å². The quantitative estimate of drug-likeness (QED) is 0.157. The fraction of sp³-hybridized carbons (Fsp3) is 0.0930. The number of ether oxygens (including phenoxy) is 1. The van der Waals surface area contributed by atoms with E-state index in [-0.39, 0.29) is 26.5 Å². The number of hydrogen-bond acceptors (Lipinski definition) is 2. The molecule has 0 N–H and O–H groups in total. The Bertz CT molecular complexity index is 2360. The number of hydrogen-bond donors (Lipinski definition) is 0. The second kappa shape index (κ2) is 12.8. The van der Waals surface area contributed by atoms with E-state index in [1.807, 2.05) is 47.2 Å². The molecule has 4 nitrogen and oxygen atoms in total. The molecule has 0 unspecified atom stereocenters. The van der Waals surface area contributed by atoms with Crippen molar-refractivity contribution in [2.45, 2.75) is 26.2 Å². The van der Waals surface area contributed by atoms with Crippen LogP contribution in [0, 0.1) is 24.5 Å². The Morgan fingerprint density at radius 1 is 0.646 bits per heavy atom. The molecule has 8 rings (SSSR count). The fourth-order valence-corrected chi connectivity index (χ4v) is 6.00. The minimum absolute atomic E-state index is 0. The molecule has 0 aliphatic carbocycles. The summed E-state index contributed by atoms with van der Waals surface area (Å²) in [5.41, 5.74) is 9.29. The Labute approximate surface area is 295 Å². The summed E-state index contributed by atoms with van der Waals surface area (Å²) >= 11 is 0. The molecule has 8 aromatic rings. The van der Waals surface area contributed by atoms with Gasteiger partial charge in [-0.1, -0.05) is 111 Å². The average Bonchev–Trinajstić information content (AvgIpc) is 3.72. The fourth-order valence-electron chi connectivity index (χ4n) is 6.00. The Morgan fingerprint density at radius 2 is 1.38 bits per heavy atom. The zero-order chi connectivity index (χ0) is 32.0. The van der Waals surface area contributed by atoms with Gasteiger partial charge in [0.1, 0.15) is 0 Å². The van der Waals surface area contributed by atoms with Crippen LogP contribution in [0.2, 0.25) is 0 Å². The minimum atomic E-state index is 0. The molecule has 6 aromatic carbocycles. The summed E-state index contributed by atoms with van der Waals surface area (Å²) in [5.74, 6) is 1.19. The van der Waals surface area contributed by atoms with Gasteiger partial charge in [-0.15, -0.1) is 35.3 Å². The molecular formula is C43H31N3OPt. The number of imidazole rings is 1. The van der Waals surface area contributed by atoms with Gasteiger partial charge in [0.2, 0.25) is 0 Å². The largest absolute Gasteiger partial charge is 4.00 e. The molecule has 2 heterocycles. The number of benzene rings is 6. The Hall–Kier alpha value is -5.18. The maximum atomic E-state index is 6.38. The SMILES string of the molecule is CC(C)(C)c1cc[c-]c(-n2c3[c-]c(Oc4[c-]c(-n5[c-]nc(-c6ccc(-c7ccccc7)cc6)c5)ccc4)ccc3c3ccccc32)c1.[Pt+4]. The summed E-state index contributed by atoms with van der Waals surface area (Å²) in [6.45, 7) is 6.69. The molecule has 0 saturated heterocycles. The smallest absolute Gasteiger partial charge is 0.510 e. The molecule has 0 bridgehead atoms. The maximum absolute atomic E-state index is 6.38. The van der Waals surface area contributed by atoms with E-state index in [1.54, 1.807) is 0 Å². The number of para-hydroxylation sites is 1. The Kier molecular flexibility index (Phi) is 8.37. The van der Waals surface area contributed by atoms with Crippen molar-refractivity contribution >= 4 is 21.8 Å². The van der Waals surface area contributed by atoms with Crippen molar-refractivity contribution in [3.63, 3.8) is 0 Å². The van der Waals surface area contributed by atoms with Crippen molar-refractivity contribution in [1.82, 2.24) is 14.1 Å². The van der Waals surface area contributed by atoms with Gasteiger partial charge in [-0.3, -0.25) is 0 Å². The second-order valence-corrected chi connectivity index (χ2v) is 12.7. The van der Waals surface area contributed by atoms with Crippen molar-refractivity contribution in [2.75, 3.05) is 0 Å². The van der Waals surface area contributed by atoms with Crippen LogP contribution >= 0.6 is 0 Å². The number of nitrogens with zero attached hydrogens (tertiary/aromatic N) is 3. The molecule has 5 heteroatoms. The van der Waals surface area contributed by atoms with Crippen molar-refractivity contribution in [2.24, 2.45) is 0 Å². The molecule has 0 fully saturated rings. The van der Waals surface area contributed by atoms with E-state index < -0.39 is 0 Å². The first kappa shape index (κ1) is 31.4. The van der Waals surface area contributed by atoms with Crippen LogP contribution in [0.4, 0.5) is 0 Å². The van der Waals surface area contributed by atoms with E-state index in [4.69, 9.17) is 4.74 Å². The minimum Gasteiger partial charge on any atom is -0.510 e. The van der Waals surface area contributed by atoms with Crippen molar-refractivity contribution in [1.29, 1.82) is 0 Å². The second-order valence-electron chi connectivity index (χ2n) is 12.7. The molecule has 48 heavy (non-hydrogen) atoms. The Morgan fingerprint density at radius 3 is 2.19 bits per heavy atom. The first-order valence-corrected chi connectivity index (χ1v) is 15.7. The van der Waals surface area contributed by atoms with Crippen LogP contribution in [-0.4, -0.2) is 14.1 Å². The van der Waals surface area contributed by atoms with Crippen LogP contribution in [0.5, 0.6) is 11.5 Å². The topological polar surface area (TPSA) is 32.0 Å². The number of rotatable bonds is 6. The van der Waals surface area contributed by atoms with Crippen LogP contribution in [0.1, 0.15) is 26.3 Å². The van der Waals surface area contributed by atoms with E-state index >= 15 is 0 Å². The van der Waals surface area contributed by atoms with E-state index in [0.29, 0.717) is 11.5 Å². The summed E-state index contributed by atoms with van der Waals surface area (Å²) in [4.78, 5) is 4.56. The molecular weight excluding hydrogens is 770 g/mol. The molecule has 0 saturated carbocycles. The molecule has 0 spiro atoms. The zero-order valence-electron chi connectivity index (χ0n) is 26.8.